The monoisotopic (exact) mass is 278 g/mol. The molecule has 0 bridgehead atoms. The van der Waals surface area contributed by atoms with Crippen LogP contribution >= 0.6 is 0 Å². The van der Waals surface area contributed by atoms with Crippen molar-refractivity contribution in [1.82, 2.24) is 15.3 Å². The molecule has 2 heterocycles. The van der Waals surface area contributed by atoms with E-state index in [4.69, 9.17) is 4.74 Å². The maximum Gasteiger partial charge on any atom is 0.147 e. The summed E-state index contributed by atoms with van der Waals surface area (Å²) in [5.41, 5.74) is 0.994. The van der Waals surface area contributed by atoms with Gasteiger partial charge in [0, 0.05) is 26.2 Å². The first-order valence-electron chi connectivity index (χ1n) is 7.53. The third-order valence-corrected chi connectivity index (χ3v) is 3.33. The molecule has 20 heavy (non-hydrogen) atoms. The van der Waals surface area contributed by atoms with E-state index in [1.54, 1.807) is 0 Å². The molecule has 0 amide bonds. The summed E-state index contributed by atoms with van der Waals surface area (Å²) in [5.74, 6) is 1.61. The van der Waals surface area contributed by atoms with Crippen LogP contribution in [0.25, 0.3) is 0 Å². The van der Waals surface area contributed by atoms with Crippen molar-refractivity contribution in [1.29, 1.82) is 0 Å². The highest BCUT2D eigenvalue weighted by Crippen LogP contribution is 2.14. The molecule has 1 aliphatic heterocycles. The number of rotatable bonds is 5. The molecule has 0 saturated carbocycles. The molecule has 1 aromatic rings. The Kier molecular flexibility index (Phi) is 5.73. The lowest BCUT2D eigenvalue weighted by Crippen LogP contribution is -2.31. The Balaban J connectivity index is 1.90. The van der Waals surface area contributed by atoms with Crippen molar-refractivity contribution in [2.75, 3.05) is 31.1 Å². The number of ether oxygens (including phenoxy) is 1. The zero-order valence-corrected chi connectivity index (χ0v) is 12.8. The van der Waals surface area contributed by atoms with E-state index >= 15 is 0 Å². The van der Waals surface area contributed by atoms with Crippen LogP contribution in [0.2, 0.25) is 0 Å². The van der Waals surface area contributed by atoms with Crippen LogP contribution in [0.1, 0.15) is 32.9 Å². The number of nitrogens with zero attached hydrogens (tertiary/aromatic N) is 3. The predicted molar refractivity (Wildman–Crippen MR) is 80.8 cm³/mol. The number of hydrogen-bond donors (Lipinski definition) is 1. The first-order valence-corrected chi connectivity index (χ1v) is 7.53. The summed E-state index contributed by atoms with van der Waals surface area (Å²) in [4.78, 5) is 11.3. The number of nitrogens with one attached hydrogen (secondary N) is 1. The van der Waals surface area contributed by atoms with Crippen molar-refractivity contribution < 1.29 is 4.74 Å². The van der Waals surface area contributed by atoms with Crippen molar-refractivity contribution in [3.8, 4) is 0 Å². The first-order chi connectivity index (χ1) is 9.65. The van der Waals surface area contributed by atoms with Gasteiger partial charge in [-0.25, -0.2) is 4.98 Å². The minimum Gasteiger partial charge on any atom is -0.377 e. The second-order valence-corrected chi connectivity index (χ2v) is 5.87. The Labute approximate surface area is 121 Å². The van der Waals surface area contributed by atoms with Gasteiger partial charge in [0.2, 0.25) is 0 Å². The van der Waals surface area contributed by atoms with Gasteiger partial charge in [-0.2, -0.15) is 0 Å². The fraction of sp³-hybridized carbons (Fsp3) is 0.733. The maximum absolute atomic E-state index is 5.65. The minimum absolute atomic E-state index is 0.256. The van der Waals surface area contributed by atoms with Crippen LogP contribution in [0.15, 0.2) is 12.4 Å². The SMILES string of the molecule is CC(C)CNCc1cnc(N2CCCOC(C)C2)cn1. The molecule has 0 radical (unpaired) electrons. The Morgan fingerprint density at radius 3 is 2.95 bits per heavy atom. The van der Waals surface area contributed by atoms with E-state index < -0.39 is 0 Å². The number of anilines is 1. The van der Waals surface area contributed by atoms with Gasteiger partial charge >= 0.3 is 0 Å². The van der Waals surface area contributed by atoms with E-state index in [0.29, 0.717) is 5.92 Å². The zero-order valence-electron chi connectivity index (χ0n) is 12.8. The second-order valence-electron chi connectivity index (χ2n) is 5.87. The van der Waals surface area contributed by atoms with Crippen LogP contribution in [-0.4, -0.2) is 42.3 Å². The van der Waals surface area contributed by atoms with E-state index in [2.05, 4.69) is 41.0 Å². The number of hydrogen-bond acceptors (Lipinski definition) is 5. The quantitative estimate of drug-likeness (QED) is 0.890. The molecule has 1 unspecified atom stereocenters. The summed E-state index contributed by atoms with van der Waals surface area (Å²) in [6, 6.07) is 0. The lowest BCUT2D eigenvalue weighted by molar-refractivity contribution is 0.0820. The Morgan fingerprint density at radius 1 is 1.40 bits per heavy atom. The van der Waals surface area contributed by atoms with Crippen molar-refractivity contribution >= 4 is 5.82 Å². The predicted octanol–water partition coefficient (Wildman–Crippen LogP) is 1.84. The lowest BCUT2D eigenvalue weighted by atomic mass is 10.2. The number of aromatic nitrogens is 2. The van der Waals surface area contributed by atoms with E-state index in [-0.39, 0.29) is 6.10 Å². The third kappa shape index (κ3) is 4.72. The smallest absolute Gasteiger partial charge is 0.147 e. The van der Waals surface area contributed by atoms with Crippen molar-refractivity contribution in [2.45, 2.75) is 39.8 Å². The molecule has 5 heteroatoms. The van der Waals surface area contributed by atoms with E-state index in [9.17, 15) is 0 Å². The standard InChI is InChI=1S/C15H26N4O/c1-12(2)7-16-8-14-9-18-15(10-17-14)19-5-4-6-20-13(3)11-19/h9-10,12-13,16H,4-8,11H2,1-3H3. The lowest BCUT2D eigenvalue weighted by Gasteiger charge is -2.22. The maximum atomic E-state index is 5.65. The molecule has 1 saturated heterocycles. The van der Waals surface area contributed by atoms with Gasteiger partial charge in [0.1, 0.15) is 5.82 Å². The summed E-state index contributed by atoms with van der Waals surface area (Å²) >= 11 is 0. The van der Waals surface area contributed by atoms with Crippen molar-refractivity contribution in [3.05, 3.63) is 18.1 Å². The van der Waals surface area contributed by atoms with Gasteiger partial charge in [-0.3, -0.25) is 4.98 Å². The molecule has 1 fully saturated rings. The topological polar surface area (TPSA) is 50.3 Å². The average molecular weight is 278 g/mol. The van der Waals surface area contributed by atoms with Gasteiger partial charge in [-0.15, -0.1) is 0 Å². The van der Waals surface area contributed by atoms with Crippen LogP contribution in [0, 0.1) is 5.92 Å². The molecule has 1 N–H and O–H groups in total. The fourth-order valence-electron chi connectivity index (χ4n) is 2.29. The summed E-state index contributed by atoms with van der Waals surface area (Å²) in [5, 5.41) is 3.38. The molecular formula is C15H26N4O. The van der Waals surface area contributed by atoms with Gasteiger partial charge < -0.3 is 15.0 Å². The zero-order chi connectivity index (χ0) is 14.4. The molecule has 5 nitrogen and oxygen atoms in total. The first kappa shape index (κ1) is 15.2. The summed E-state index contributed by atoms with van der Waals surface area (Å²) in [6.07, 6.45) is 5.06. The molecule has 112 valence electrons. The minimum atomic E-state index is 0.256. The van der Waals surface area contributed by atoms with Crippen LogP contribution < -0.4 is 10.2 Å². The Hall–Kier alpha value is -1.20. The Morgan fingerprint density at radius 2 is 2.25 bits per heavy atom. The second kappa shape index (κ2) is 7.55. The van der Waals surface area contributed by atoms with Crippen LogP contribution in [-0.2, 0) is 11.3 Å². The molecular weight excluding hydrogens is 252 g/mol. The highest BCUT2D eigenvalue weighted by Gasteiger charge is 2.16. The van der Waals surface area contributed by atoms with Crippen LogP contribution in [0.5, 0.6) is 0 Å². The molecule has 2 rings (SSSR count). The van der Waals surface area contributed by atoms with Crippen LogP contribution in [0.4, 0.5) is 5.82 Å². The molecule has 1 atom stereocenters. The molecule has 0 aromatic carbocycles. The highest BCUT2D eigenvalue weighted by atomic mass is 16.5. The molecule has 0 spiro atoms. The van der Waals surface area contributed by atoms with Gasteiger partial charge in [-0.05, 0) is 25.8 Å². The summed E-state index contributed by atoms with van der Waals surface area (Å²) in [6.45, 7) is 11.0. The van der Waals surface area contributed by atoms with Gasteiger partial charge in [0.25, 0.3) is 0 Å². The van der Waals surface area contributed by atoms with Crippen LogP contribution in [0.3, 0.4) is 0 Å². The van der Waals surface area contributed by atoms with Gasteiger partial charge in [0.05, 0.1) is 24.2 Å². The van der Waals surface area contributed by atoms with Crippen molar-refractivity contribution in [3.63, 3.8) is 0 Å². The van der Waals surface area contributed by atoms with Crippen molar-refractivity contribution in [2.24, 2.45) is 5.92 Å². The summed E-state index contributed by atoms with van der Waals surface area (Å²) < 4.78 is 5.65. The van der Waals surface area contributed by atoms with E-state index in [1.165, 1.54) is 0 Å². The molecule has 1 aromatic heterocycles. The highest BCUT2D eigenvalue weighted by molar-refractivity contribution is 5.36. The largest absolute Gasteiger partial charge is 0.377 e. The third-order valence-electron chi connectivity index (χ3n) is 3.33. The average Bonchev–Trinajstić information content (AvgIpc) is 2.64. The fourth-order valence-corrected chi connectivity index (χ4v) is 2.29. The normalized spacial score (nSPS) is 20.2. The Bertz CT molecular complexity index is 393. The summed E-state index contributed by atoms with van der Waals surface area (Å²) in [7, 11) is 0. The van der Waals surface area contributed by atoms with E-state index in [0.717, 1.165) is 50.7 Å². The molecule has 0 aliphatic carbocycles. The van der Waals surface area contributed by atoms with Gasteiger partial charge in [0.15, 0.2) is 0 Å². The molecule has 1 aliphatic rings. The van der Waals surface area contributed by atoms with Gasteiger partial charge in [-0.1, -0.05) is 13.8 Å². The van der Waals surface area contributed by atoms with E-state index in [1.807, 2.05) is 12.4 Å².